The standard InChI is InChI=1S/C18H17N3O2S/c1-12(2)23-16-10-6-4-8-14(16)17(22)21-18(24)20-15-9-5-3-7-13(15)11-19/h3-10,12H,1-2H3,(H2,20,21,22,24). The average molecular weight is 339 g/mol. The molecular formula is C18H17N3O2S. The maximum Gasteiger partial charge on any atom is 0.261 e. The Morgan fingerprint density at radius 1 is 1.17 bits per heavy atom. The van der Waals surface area contributed by atoms with E-state index in [-0.39, 0.29) is 17.1 Å². The number of hydrogen-bond acceptors (Lipinski definition) is 4. The van der Waals surface area contributed by atoms with Gasteiger partial charge in [-0.15, -0.1) is 0 Å². The van der Waals surface area contributed by atoms with Crippen molar-refractivity contribution >= 4 is 28.9 Å². The van der Waals surface area contributed by atoms with Crippen LogP contribution in [-0.2, 0) is 0 Å². The molecule has 0 heterocycles. The molecule has 0 aromatic heterocycles. The number of ether oxygens (including phenoxy) is 1. The number of thiocarbonyl (C=S) groups is 1. The summed E-state index contributed by atoms with van der Waals surface area (Å²) < 4.78 is 5.64. The van der Waals surface area contributed by atoms with Crippen LogP contribution in [-0.4, -0.2) is 17.1 Å². The average Bonchev–Trinajstić information content (AvgIpc) is 2.55. The van der Waals surface area contributed by atoms with Crippen LogP contribution in [0.2, 0.25) is 0 Å². The molecule has 0 saturated carbocycles. The summed E-state index contributed by atoms with van der Waals surface area (Å²) in [6.07, 6.45) is -0.0495. The number of rotatable bonds is 4. The molecule has 5 nitrogen and oxygen atoms in total. The smallest absolute Gasteiger partial charge is 0.261 e. The SMILES string of the molecule is CC(C)Oc1ccccc1C(=O)NC(=S)Nc1ccccc1C#N. The Balaban J connectivity index is 2.10. The van der Waals surface area contributed by atoms with Crippen molar-refractivity contribution in [3.8, 4) is 11.8 Å². The fourth-order valence-corrected chi connectivity index (χ4v) is 2.23. The number of nitrogens with one attached hydrogen (secondary N) is 2. The molecular weight excluding hydrogens is 322 g/mol. The van der Waals surface area contributed by atoms with E-state index in [1.54, 1.807) is 48.5 Å². The zero-order chi connectivity index (χ0) is 17.5. The number of para-hydroxylation sites is 2. The molecule has 2 aromatic carbocycles. The Morgan fingerprint density at radius 3 is 2.54 bits per heavy atom. The molecule has 6 heteroatoms. The maximum absolute atomic E-state index is 12.4. The van der Waals surface area contributed by atoms with Gasteiger partial charge in [0.05, 0.1) is 22.9 Å². The summed E-state index contributed by atoms with van der Waals surface area (Å²) in [5, 5.41) is 14.6. The monoisotopic (exact) mass is 339 g/mol. The summed E-state index contributed by atoms with van der Waals surface area (Å²) in [4.78, 5) is 12.4. The largest absolute Gasteiger partial charge is 0.490 e. The first-order valence-corrected chi connectivity index (χ1v) is 7.79. The summed E-state index contributed by atoms with van der Waals surface area (Å²) in [6, 6.07) is 15.9. The second kappa shape index (κ2) is 8.09. The van der Waals surface area contributed by atoms with E-state index in [1.165, 1.54) is 0 Å². The molecule has 0 bridgehead atoms. The zero-order valence-electron chi connectivity index (χ0n) is 13.4. The maximum atomic E-state index is 12.4. The highest BCUT2D eigenvalue weighted by molar-refractivity contribution is 7.80. The first-order chi connectivity index (χ1) is 11.5. The molecule has 0 aliphatic carbocycles. The van der Waals surface area contributed by atoms with Crippen LogP contribution in [0.25, 0.3) is 0 Å². The number of nitrogens with zero attached hydrogens (tertiary/aromatic N) is 1. The van der Waals surface area contributed by atoms with E-state index in [1.807, 2.05) is 13.8 Å². The van der Waals surface area contributed by atoms with Gasteiger partial charge < -0.3 is 10.1 Å². The van der Waals surface area contributed by atoms with Gasteiger partial charge in [-0.25, -0.2) is 0 Å². The molecule has 2 rings (SSSR count). The summed E-state index contributed by atoms with van der Waals surface area (Å²) >= 11 is 5.16. The molecule has 2 aromatic rings. The Labute approximate surface area is 146 Å². The molecule has 0 saturated heterocycles. The van der Waals surface area contributed by atoms with Crippen molar-refractivity contribution in [1.82, 2.24) is 5.32 Å². The van der Waals surface area contributed by atoms with Crippen molar-refractivity contribution in [3.05, 3.63) is 59.7 Å². The second-order valence-electron chi connectivity index (χ2n) is 5.23. The van der Waals surface area contributed by atoms with E-state index in [9.17, 15) is 4.79 Å². The summed E-state index contributed by atoms with van der Waals surface area (Å²) in [5.41, 5.74) is 1.37. The minimum Gasteiger partial charge on any atom is -0.490 e. The van der Waals surface area contributed by atoms with E-state index in [2.05, 4.69) is 16.7 Å². The predicted molar refractivity (Wildman–Crippen MR) is 97.0 cm³/mol. The highest BCUT2D eigenvalue weighted by Gasteiger charge is 2.14. The van der Waals surface area contributed by atoms with E-state index < -0.39 is 0 Å². The fraction of sp³-hybridized carbons (Fsp3) is 0.167. The van der Waals surface area contributed by atoms with Crippen LogP contribution >= 0.6 is 12.2 Å². The Kier molecular flexibility index (Phi) is 5.88. The Hall–Kier alpha value is -2.91. The first kappa shape index (κ1) is 17.4. The summed E-state index contributed by atoms with van der Waals surface area (Å²) in [6.45, 7) is 3.78. The lowest BCUT2D eigenvalue weighted by molar-refractivity contribution is 0.0972. The van der Waals surface area contributed by atoms with Crippen molar-refractivity contribution in [2.75, 3.05) is 5.32 Å². The number of carbonyl (C=O) groups is 1. The molecule has 24 heavy (non-hydrogen) atoms. The molecule has 0 atom stereocenters. The fourth-order valence-electron chi connectivity index (χ4n) is 2.02. The molecule has 122 valence electrons. The molecule has 0 unspecified atom stereocenters. The van der Waals surface area contributed by atoms with Crippen LogP contribution < -0.4 is 15.4 Å². The zero-order valence-corrected chi connectivity index (χ0v) is 14.2. The van der Waals surface area contributed by atoms with Gasteiger partial charge in [-0.3, -0.25) is 10.1 Å². The first-order valence-electron chi connectivity index (χ1n) is 7.38. The molecule has 0 aliphatic heterocycles. The Bertz CT molecular complexity index is 797. The van der Waals surface area contributed by atoms with Crippen molar-refractivity contribution in [2.45, 2.75) is 20.0 Å². The molecule has 0 spiro atoms. The summed E-state index contributed by atoms with van der Waals surface area (Å²) in [5.74, 6) is 0.114. The third-order valence-corrected chi connectivity index (χ3v) is 3.22. The van der Waals surface area contributed by atoms with Crippen molar-refractivity contribution < 1.29 is 9.53 Å². The summed E-state index contributed by atoms with van der Waals surface area (Å²) in [7, 11) is 0. The van der Waals surface area contributed by atoms with E-state index in [4.69, 9.17) is 22.2 Å². The van der Waals surface area contributed by atoms with Crippen molar-refractivity contribution in [1.29, 1.82) is 5.26 Å². The molecule has 0 aliphatic rings. The lowest BCUT2D eigenvalue weighted by Gasteiger charge is -2.15. The van der Waals surface area contributed by atoms with Crippen LogP contribution in [0.3, 0.4) is 0 Å². The van der Waals surface area contributed by atoms with Gasteiger partial charge in [0.1, 0.15) is 11.8 Å². The quantitative estimate of drug-likeness (QED) is 0.834. The van der Waals surface area contributed by atoms with Gasteiger partial charge >= 0.3 is 0 Å². The molecule has 0 fully saturated rings. The van der Waals surface area contributed by atoms with Crippen LogP contribution in [0.15, 0.2) is 48.5 Å². The number of amides is 1. The van der Waals surface area contributed by atoms with Crippen LogP contribution in [0, 0.1) is 11.3 Å². The van der Waals surface area contributed by atoms with Gasteiger partial charge in [-0.1, -0.05) is 24.3 Å². The highest BCUT2D eigenvalue weighted by atomic mass is 32.1. The Morgan fingerprint density at radius 2 is 1.83 bits per heavy atom. The highest BCUT2D eigenvalue weighted by Crippen LogP contribution is 2.19. The number of nitriles is 1. The van der Waals surface area contributed by atoms with Gasteiger partial charge in [0.25, 0.3) is 5.91 Å². The minimum absolute atomic E-state index is 0.0495. The molecule has 0 radical (unpaired) electrons. The van der Waals surface area contributed by atoms with E-state index in [0.717, 1.165) is 0 Å². The number of carbonyl (C=O) groups excluding carboxylic acids is 1. The topological polar surface area (TPSA) is 74.2 Å². The van der Waals surface area contributed by atoms with Crippen LogP contribution in [0.1, 0.15) is 29.8 Å². The third kappa shape index (κ3) is 4.54. The van der Waals surface area contributed by atoms with Gasteiger partial charge in [-0.05, 0) is 50.3 Å². The van der Waals surface area contributed by atoms with Gasteiger partial charge in [0.15, 0.2) is 5.11 Å². The third-order valence-electron chi connectivity index (χ3n) is 3.02. The number of hydrogen-bond donors (Lipinski definition) is 2. The second-order valence-corrected chi connectivity index (χ2v) is 5.64. The lowest BCUT2D eigenvalue weighted by Crippen LogP contribution is -2.34. The van der Waals surface area contributed by atoms with Gasteiger partial charge in [-0.2, -0.15) is 5.26 Å². The van der Waals surface area contributed by atoms with E-state index in [0.29, 0.717) is 22.6 Å². The normalized spacial score (nSPS) is 9.92. The van der Waals surface area contributed by atoms with Gasteiger partial charge in [0, 0.05) is 0 Å². The van der Waals surface area contributed by atoms with Crippen molar-refractivity contribution in [2.24, 2.45) is 0 Å². The lowest BCUT2D eigenvalue weighted by atomic mass is 10.2. The number of anilines is 1. The van der Waals surface area contributed by atoms with E-state index >= 15 is 0 Å². The van der Waals surface area contributed by atoms with Gasteiger partial charge in [0.2, 0.25) is 0 Å². The number of benzene rings is 2. The van der Waals surface area contributed by atoms with Crippen LogP contribution in [0.4, 0.5) is 5.69 Å². The van der Waals surface area contributed by atoms with Crippen molar-refractivity contribution in [3.63, 3.8) is 0 Å². The van der Waals surface area contributed by atoms with Crippen LogP contribution in [0.5, 0.6) is 5.75 Å². The predicted octanol–water partition coefficient (Wildman–Crippen LogP) is 3.47. The molecule has 1 amide bonds. The minimum atomic E-state index is -0.377. The molecule has 2 N–H and O–H groups in total.